The van der Waals surface area contributed by atoms with Gasteiger partial charge in [0.25, 0.3) is 5.91 Å². The summed E-state index contributed by atoms with van der Waals surface area (Å²) in [7, 11) is 3.03. The van der Waals surface area contributed by atoms with E-state index in [1.807, 2.05) is 25.1 Å². The standard InChI is InChI=1S/C11H12N2O2S/c1-7-4-5-8-9(6-7)16-12-10(8)11(14)13(2)15-3/h4-6H,1-3H3. The first kappa shape index (κ1) is 11.0. The molecule has 5 heteroatoms. The number of benzene rings is 1. The average molecular weight is 236 g/mol. The van der Waals surface area contributed by atoms with Gasteiger partial charge < -0.3 is 0 Å². The molecule has 2 aromatic rings. The average Bonchev–Trinajstić information content (AvgIpc) is 2.69. The lowest BCUT2D eigenvalue weighted by atomic mass is 10.1. The molecule has 0 saturated carbocycles. The fraction of sp³-hybridized carbons (Fsp3) is 0.273. The van der Waals surface area contributed by atoms with Crippen molar-refractivity contribution < 1.29 is 9.63 Å². The van der Waals surface area contributed by atoms with Crippen LogP contribution in [0.25, 0.3) is 10.1 Å². The number of aryl methyl sites for hydroxylation is 1. The Kier molecular flexibility index (Phi) is 2.89. The van der Waals surface area contributed by atoms with Crippen LogP contribution in [0.3, 0.4) is 0 Å². The Bertz CT molecular complexity index is 536. The van der Waals surface area contributed by atoms with Crippen molar-refractivity contribution in [3.63, 3.8) is 0 Å². The summed E-state index contributed by atoms with van der Waals surface area (Å²) in [5.41, 5.74) is 1.61. The van der Waals surface area contributed by atoms with Crippen LogP contribution in [-0.2, 0) is 4.84 Å². The van der Waals surface area contributed by atoms with E-state index in [0.717, 1.165) is 15.6 Å². The van der Waals surface area contributed by atoms with Crippen molar-refractivity contribution >= 4 is 27.5 Å². The van der Waals surface area contributed by atoms with Gasteiger partial charge in [0.15, 0.2) is 5.69 Å². The summed E-state index contributed by atoms with van der Waals surface area (Å²) >= 11 is 1.33. The van der Waals surface area contributed by atoms with E-state index >= 15 is 0 Å². The third-order valence-electron chi connectivity index (χ3n) is 2.39. The van der Waals surface area contributed by atoms with Gasteiger partial charge in [-0.05, 0) is 30.1 Å². The molecule has 1 aromatic heterocycles. The minimum atomic E-state index is -0.224. The summed E-state index contributed by atoms with van der Waals surface area (Å²) in [5.74, 6) is -0.224. The van der Waals surface area contributed by atoms with Crippen molar-refractivity contribution in [3.05, 3.63) is 29.5 Å². The summed E-state index contributed by atoms with van der Waals surface area (Å²) in [6.45, 7) is 2.02. The van der Waals surface area contributed by atoms with Crippen molar-refractivity contribution in [3.8, 4) is 0 Å². The Labute approximate surface area is 97.6 Å². The van der Waals surface area contributed by atoms with Crippen LogP contribution in [0.2, 0.25) is 0 Å². The van der Waals surface area contributed by atoms with Crippen LogP contribution in [0.4, 0.5) is 0 Å². The molecule has 0 aliphatic heterocycles. The molecular formula is C11H12N2O2S. The van der Waals surface area contributed by atoms with Gasteiger partial charge in [-0.1, -0.05) is 12.1 Å². The van der Waals surface area contributed by atoms with E-state index in [-0.39, 0.29) is 5.91 Å². The van der Waals surface area contributed by atoms with Gasteiger partial charge in [-0.25, -0.2) is 5.06 Å². The first-order valence-corrected chi connectivity index (χ1v) is 5.59. The molecule has 0 aliphatic rings. The quantitative estimate of drug-likeness (QED) is 0.751. The zero-order chi connectivity index (χ0) is 11.7. The number of hydroxylamine groups is 2. The van der Waals surface area contributed by atoms with Crippen LogP contribution in [-0.4, -0.2) is 29.5 Å². The van der Waals surface area contributed by atoms with E-state index in [1.165, 1.54) is 23.7 Å². The van der Waals surface area contributed by atoms with Crippen LogP contribution in [0.1, 0.15) is 16.1 Å². The molecule has 0 radical (unpaired) electrons. The SMILES string of the molecule is CON(C)C(=O)c1nsc2cc(C)ccc12. The first-order chi connectivity index (χ1) is 7.63. The molecule has 1 aromatic carbocycles. The summed E-state index contributed by atoms with van der Waals surface area (Å²) in [5, 5.41) is 2.05. The minimum Gasteiger partial charge on any atom is -0.274 e. The van der Waals surface area contributed by atoms with Gasteiger partial charge in [-0.2, -0.15) is 4.37 Å². The highest BCUT2D eigenvalue weighted by molar-refractivity contribution is 7.13. The number of hydrogen-bond donors (Lipinski definition) is 0. The normalized spacial score (nSPS) is 10.7. The molecule has 0 unspecified atom stereocenters. The monoisotopic (exact) mass is 236 g/mol. The summed E-state index contributed by atoms with van der Waals surface area (Å²) in [6.07, 6.45) is 0. The largest absolute Gasteiger partial charge is 0.297 e. The van der Waals surface area contributed by atoms with Crippen LogP contribution < -0.4 is 0 Å². The Balaban J connectivity index is 2.50. The highest BCUT2D eigenvalue weighted by atomic mass is 32.1. The van der Waals surface area contributed by atoms with Crippen molar-refractivity contribution in [2.24, 2.45) is 0 Å². The van der Waals surface area contributed by atoms with Crippen LogP contribution in [0.5, 0.6) is 0 Å². The number of carbonyl (C=O) groups excluding carboxylic acids is 1. The number of rotatable bonds is 2. The second-order valence-electron chi connectivity index (χ2n) is 3.52. The molecule has 0 fully saturated rings. The summed E-state index contributed by atoms with van der Waals surface area (Å²) < 4.78 is 5.20. The summed E-state index contributed by atoms with van der Waals surface area (Å²) in [4.78, 5) is 16.7. The fourth-order valence-electron chi connectivity index (χ4n) is 1.43. The highest BCUT2D eigenvalue weighted by Gasteiger charge is 2.18. The number of fused-ring (bicyclic) bond motifs is 1. The molecule has 0 bridgehead atoms. The maximum atomic E-state index is 11.9. The van der Waals surface area contributed by atoms with Crippen LogP contribution >= 0.6 is 11.5 Å². The second-order valence-corrected chi connectivity index (χ2v) is 4.32. The molecule has 0 spiro atoms. The highest BCUT2D eigenvalue weighted by Crippen LogP contribution is 2.24. The van der Waals surface area contributed by atoms with Gasteiger partial charge >= 0.3 is 0 Å². The molecule has 0 atom stereocenters. The van der Waals surface area contributed by atoms with E-state index in [2.05, 4.69) is 4.37 Å². The van der Waals surface area contributed by atoms with Gasteiger partial charge in [-0.15, -0.1) is 0 Å². The summed E-state index contributed by atoms with van der Waals surface area (Å²) in [6, 6.07) is 5.92. The fourth-order valence-corrected chi connectivity index (χ4v) is 2.30. The zero-order valence-electron chi connectivity index (χ0n) is 9.35. The zero-order valence-corrected chi connectivity index (χ0v) is 10.2. The lowest BCUT2D eigenvalue weighted by molar-refractivity contribution is -0.0758. The van der Waals surface area contributed by atoms with E-state index in [4.69, 9.17) is 4.84 Å². The third-order valence-corrected chi connectivity index (χ3v) is 3.20. The molecule has 0 N–H and O–H groups in total. The van der Waals surface area contributed by atoms with E-state index in [1.54, 1.807) is 7.05 Å². The van der Waals surface area contributed by atoms with Gasteiger partial charge in [0, 0.05) is 12.4 Å². The predicted octanol–water partition coefficient (Wildman–Crippen LogP) is 2.24. The maximum absolute atomic E-state index is 11.9. The van der Waals surface area contributed by atoms with Gasteiger partial charge in [0.05, 0.1) is 11.8 Å². The van der Waals surface area contributed by atoms with E-state index in [0.29, 0.717) is 5.69 Å². The van der Waals surface area contributed by atoms with Gasteiger partial charge in [0.2, 0.25) is 0 Å². The smallest absolute Gasteiger partial charge is 0.274 e. The molecule has 1 heterocycles. The number of carbonyl (C=O) groups is 1. The van der Waals surface area contributed by atoms with Crippen molar-refractivity contribution in [1.82, 2.24) is 9.44 Å². The molecule has 84 valence electrons. The molecule has 4 nitrogen and oxygen atoms in total. The van der Waals surface area contributed by atoms with Crippen molar-refractivity contribution in [1.29, 1.82) is 0 Å². The number of nitrogens with zero attached hydrogens (tertiary/aromatic N) is 2. The minimum absolute atomic E-state index is 0.224. The Morgan fingerprint density at radius 2 is 2.25 bits per heavy atom. The topological polar surface area (TPSA) is 42.4 Å². The van der Waals surface area contributed by atoms with Gasteiger partial charge in [0.1, 0.15) is 0 Å². The lowest BCUT2D eigenvalue weighted by Crippen LogP contribution is -2.25. The van der Waals surface area contributed by atoms with Crippen LogP contribution in [0.15, 0.2) is 18.2 Å². The molecule has 0 aliphatic carbocycles. The molecule has 0 saturated heterocycles. The Hall–Kier alpha value is -1.46. The Morgan fingerprint density at radius 1 is 1.50 bits per heavy atom. The van der Waals surface area contributed by atoms with Crippen molar-refractivity contribution in [2.45, 2.75) is 6.92 Å². The third kappa shape index (κ3) is 1.79. The molecular weight excluding hydrogens is 224 g/mol. The van der Waals surface area contributed by atoms with Crippen molar-refractivity contribution in [2.75, 3.05) is 14.2 Å². The first-order valence-electron chi connectivity index (χ1n) is 4.81. The molecule has 16 heavy (non-hydrogen) atoms. The predicted molar refractivity (Wildman–Crippen MR) is 63.5 cm³/mol. The second kappa shape index (κ2) is 4.19. The maximum Gasteiger partial charge on any atom is 0.297 e. The van der Waals surface area contributed by atoms with E-state index < -0.39 is 0 Å². The van der Waals surface area contributed by atoms with Crippen LogP contribution in [0, 0.1) is 6.92 Å². The lowest BCUT2D eigenvalue weighted by Gasteiger charge is -2.11. The van der Waals surface area contributed by atoms with E-state index in [9.17, 15) is 4.79 Å². The number of aromatic nitrogens is 1. The Morgan fingerprint density at radius 3 is 2.94 bits per heavy atom. The molecule has 2 rings (SSSR count). The molecule has 1 amide bonds. The number of amides is 1. The van der Waals surface area contributed by atoms with Gasteiger partial charge in [-0.3, -0.25) is 9.63 Å². The number of hydrogen-bond acceptors (Lipinski definition) is 4.